The first-order valence-electron chi connectivity index (χ1n) is 6.11. The minimum absolute atomic E-state index is 0.0696. The van der Waals surface area contributed by atoms with Crippen LogP contribution in [-0.4, -0.2) is 25.2 Å². The van der Waals surface area contributed by atoms with Crippen molar-refractivity contribution < 1.29 is 4.68 Å². The molecular formula is C13H12IN4S+. The normalized spacial score (nSPS) is 22.2. The highest BCUT2D eigenvalue weighted by Gasteiger charge is 2.43. The van der Waals surface area contributed by atoms with Crippen LogP contribution < -0.4 is 4.68 Å². The summed E-state index contributed by atoms with van der Waals surface area (Å²) < 4.78 is 3.14. The molecule has 1 N–H and O–H groups in total. The molecule has 96 valence electrons. The van der Waals surface area contributed by atoms with Gasteiger partial charge in [-0.3, -0.25) is 0 Å². The van der Waals surface area contributed by atoms with Crippen LogP contribution in [0.15, 0.2) is 29.4 Å². The van der Waals surface area contributed by atoms with Crippen molar-refractivity contribution in [1.82, 2.24) is 15.1 Å². The fourth-order valence-corrected chi connectivity index (χ4v) is 4.56. The van der Waals surface area contributed by atoms with Crippen LogP contribution in [0.5, 0.6) is 0 Å². The van der Waals surface area contributed by atoms with Crippen LogP contribution >= 0.6 is 34.4 Å². The molecule has 4 nitrogen and oxygen atoms in total. The summed E-state index contributed by atoms with van der Waals surface area (Å²) in [5.41, 5.74) is 3.03. The van der Waals surface area contributed by atoms with Gasteiger partial charge in [-0.15, -0.1) is 4.68 Å². The highest BCUT2D eigenvalue weighted by molar-refractivity contribution is 14.1. The largest absolute Gasteiger partial charge is 0.382 e. The Labute approximate surface area is 128 Å². The van der Waals surface area contributed by atoms with Crippen molar-refractivity contribution in [2.24, 2.45) is 0 Å². The van der Waals surface area contributed by atoms with Gasteiger partial charge >= 0.3 is 5.16 Å². The minimum atomic E-state index is 0.0696. The van der Waals surface area contributed by atoms with Gasteiger partial charge < -0.3 is 4.98 Å². The first kappa shape index (κ1) is 11.9. The van der Waals surface area contributed by atoms with Gasteiger partial charge in [0.05, 0.1) is 11.3 Å². The molecule has 4 rings (SSSR count). The minimum Gasteiger partial charge on any atom is -0.317 e. The fraction of sp³-hybridized carbons (Fsp3) is 0.308. The summed E-state index contributed by atoms with van der Waals surface area (Å²) in [4.78, 5) is 8.09. The Balaban J connectivity index is 2.09. The number of H-pyrrole nitrogens is 1. The molecule has 0 radical (unpaired) electrons. The summed E-state index contributed by atoms with van der Waals surface area (Å²) in [5.74, 6) is 1.04. The molecule has 0 saturated heterocycles. The van der Waals surface area contributed by atoms with Gasteiger partial charge in [0.2, 0.25) is 0 Å². The van der Waals surface area contributed by atoms with Gasteiger partial charge in [-0.1, -0.05) is 45.9 Å². The van der Waals surface area contributed by atoms with Gasteiger partial charge in [0, 0.05) is 9.81 Å². The summed E-state index contributed by atoms with van der Waals surface area (Å²) in [5, 5.41) is 7.02. The lowest BCUT2D eigenvalue weighted by atomic mass is 10.1. The molecule has 3 aromatic rings. The van der Waals surface area contributed by atoms with Crippen molar-refractivity contribution >= 4 is 56.4 Å². The molecule has 0 bridgehead atoms. The lowest BCUT2D eigenvalue weighted by molar-refractivity contribution is -0.830. The molecule has 3 heterocycles. The van der Waals surface area contributed by atoms with Gasteiger partial charge in [-0.2, -0.15) is 0 Å². The van der Waals surface area contributed by atoms with E-state index < -0.39 is 0 Å². The second kappa shape index (κ2) is 4.05. The van der Waals surface area contributed by atoms with Gasteiger partial charge in [0.1, 0.15) is 0 Å². The average Bonchev–Trinajstić information content (AvgIpc) is 2.96. The maximum absolute atomic E-state index is 4.87. The third-order valence-electron chi connectivity index (χ3n) is 3.56. The van der Waals surface area contributed by atoms with Crippen LogP contribution in [0, 0.1) is 0 Å². The molecule has 19 heavy (non-hydrogen) atoms. The number of nitrogens with zero attached hydrogens (tertiary/aromatic N) is 3. The predicted octanol–water partition coefficient (Wildman–Crippen LogP) is 2.65. The van der Waals surface area contributed by atoms with Crippen LogP contribution in [0.3, 0.4) is 0 Å². The number of benzene rings is 1. The number of rotatable bonds is 1. The molecule has 1 aromatic carbocycles. The van der Waals surface area contributed by atoms with Gasteiger partial charge in [0.25, 0.3) is 5.65 Å². The molecule has 1 aliphatic heterocycles. The number of aromatic nitrogens is 4. The molecule has 0 spiro atoms. The van der Waals surface area contributed by atoms with Gasteiger partial charge in [-0.05, 0) is 29.7 Å². The number of fused-ring (bicyclic) bond motifs is 4. The van der Waals surface area contributed by atoms with E-state index in [0.29, 0.717) is 0 Å². The highest BCUT2D eigenvalue weighted by Crippen LogP contribution is 2.31. The quantitative estimate of drug-likeness (QED) is 0.399. The lowest BCUT2D eigenvalue weighted by Gasteiger charge is -2.15. The van der Waals surface area contributed by atoms with E-state index in [9.17, 15) is 0 Å². The second-order valence-corrected chi connectivity index (χ2v) is 6.80. The Morgan fingerprint density at radius 2 is 2.32 bits per heavy atom. The van der Waals surface area contributed by atoms with E-state index in [-0.39, 0.29) is 5.54 Å². The van der Waals surface area contributed by atoms with E-state index in [1.54, 1.807) is 11.8 Å². The third kappa shape index (κ3) is 1.62. The zero-order valence-corrected chi connectivity index (χ0v) is 13.3. The second-order valence-electron chi connectivity index (χ2n) is 5.09. The molecule has 6 heteroatoms. The van der Waals surface area contributed by atoms with Crippen molar-refractivity contribution in [2.75, 3.05) is 10.2 Å². The standard InChI is InChI=1S/C13H11IN4S/c1-13(6-14)7-19-12-16-11-10(17-18(12)13)8-4-2-3-5-9(8)15-11/h2-5H,6-7H2,1H3/p+1. The lowest BCUT2D eigenvalue weighted by Crippen LogP contribution is -2.57. The van der Waals surface area contributed by atoms with Crippen molar-refractivity contribution in [1.29, 1.82) is 0 Å². The molecule has 1 atom stereocenters. The Bertz CT molecular complexity index is 800. The molecule has 1 aliphatic rings. The SMILES string of the molecule is CC1(CI)CSc2nc3[nH]c4ccccc4c3n[n+]21. The van der Waals surface area contributed by atoms with Gasteiger partial charge in [0.15, 0.2) is 11.1 Å². The molecular weight excluding hydrogens is 371 g/mol. The molecule has 1 unspecified atom stereocenters. The van der Waals surface area contributed by atoms with Crippen molar-refractivity contribution in [3.8, 4) is 0 Å². The number of alkyl halides is 1. The number of hydrogen-bond donors (Lipinski definition) is 1. The van der Waals surface area contributed by atoms with Crippen molar-refractivity contribution in [2.45, 2.75) is 17.6 Å². The monoisotopic (exact) mass is 383 g/mol. The van der Waals surface area contributed by atoms with Gasteiger partial charge in [-0.25, -0.2) is 0 Å². The smallest absolute Gasteiger partial charge is 0.317 e. The average molecular weight is 383 g/mol. The van der Waals surface area contributed by atoms with Crippen LogP contribution in [-0.2, 0) is 5.54 Å². The van der Waals surface area contributed by atoms with E-state index in [0.717, 1.165) is 37.4 Å². The van der Waals surface area contributed by atoms with E-state index in [1.807, 2.05) is 12.1 Å². The van der Waals surface area contributed by atoms with E-state index >= 15 is 0 Å². The summed E-state index contributed by atoms with van der Waals surface area (Å²) in [7, 11) is 0. The Hall–Kier alpha value is -0.890. The number of hydrogen-bond acceptors (Lipinski definition) is 3. The van der Waals surface area contributed by atoms with E-state index in [1.165, 1.54) is 0 Å². The Morgan fingerprint density at radius 1 is 1.47 bits per heavy atom. The third-order valence-corrected chi connectivity index (χ3v) is 6.49. The molecule has 0 fully saturated rings. The van der Waals surface area contributed by atoms with Crippen molar-refractivity contribution in [3.05, 3.63) is 24.3 Å². The summed E-state index contributed by atoms with van der Waals surface area (Å²) in [6.07, 6.45) is 0. The number of aromatic amines is 1. The first-order chi connectivity index (χ1) is 9.21. The van der Waals surface area contributed by atoms with Crippen molar-refractivity contribution in [3.63, 3.8) is 0 Å². The first-order valence-corrected chi connectivity index (χ1v) is 8.62. The van der Waals surface area contributed by atoms with Crippen LogP contribution in [0.2, 0.25) is 0 Å². The Morgan fingerprint density at radius 3 is 3.16 bits per heavy atom. The number of para-hydroxylation sites is 1. The van der Waals surface area contributed by atoms with Crippen LogP contribution in [0.4, 0.5) is 0 Å². The topological polar surface area (TPSA) is 45.5 Å². The fourth-order valence-electron chi connectivity index (χ4n) is 2.40. The molecule has 0 saturated carbocycles. The van der Waals surface area contributed by atoms with Crippen LogP contribution in [0.1, 0.15) is 6.92 Å². The predicted molar refractivity (Wildman–Crippen MR) is 84.8 cm³/mol. The summed E-state index contributed by atoms with van der Waals surface area (Å²) in [6, 6.07) is 8.24. The molecule has 0 aliphatic carbocycles. The summed E-state index contributed by atoms with van der Waals surface area (Å²) >= 11 is 4.22. The number of thioether (sulfide) groups is 1. The number of halogens is 1. The maximum atomic E-state index is 4.87. The van der Waals surface area contributed by atoms with E-state index in [2.05, 4.69) is 51.3 Å². The van der Waals surface area contributed by atoms with E-state index in [4.69, 9.17) is 10.1 Å². The molecule has 2 aromatic heterocycles. The Kier molecular flexibility index (Phi) is 2.54. The number of nitrogens with one attached hydrogen (secondary N) is 1. The summed E-state index contributed by atoms with van der Waals surface area (Å²) in [6.45, 7) is 2.25. The maximum Gasteiger partial charge on any atom is 0.382 e. The molecule has 0 amide bonds. The zero-order valence-electron chi connectivity index (χ0n) is 10.4. The zero-order chi connectivity index (χ0) is 13.0. The highest BCUT2D eigenvalue weighted by atomic mass is 127. The van der Waals surface area contributed by atoms with Crippen LogP contribution in [0.25, 0.3) is 22.1 Å².